The third-order valence-corrected chi connectivity index (χ3v) is 1.65. The number of unbranched alkanes of at least 4 members (excludes halogenated alkanes) is 1. The van der Waals surface area contributed by atoms with Gasteiger partial charge in [0.05, 0.1) is 0 Å². The first-order valence-corrected chi connectivity index (χ1v) is 4.43. The summed E-state index contributed by atoms with van der Waals surface area (Å²) in [7, 11) is 0. The van der Waals surface area contributed by atoms with Gasteiger partial charge in [-0.15, -0.1) is 0 Å². The molecular formula is C9H17NO2. The zero-order valence-corrected chi connectivity index (χ0v) is 7.85. The molecule has 0 aromatic rings. The number of rotatable bonds is 6. The van der Waals surface area contributed by atoms with Crippen LogP contribution in [0, 0.1) is 0 Å². The van der Waals surface area contributed by atoms with Crippen molar-refractivity contribution in [3.63, 3.8) is 0 Å². The van der Waals surface area contributed by atoms with Gasteiger partial charge in [0.2, 0.25) is 5.91 Å². The number of carbonyl (C=O) groups excluding carboxylic acids is 2. The molecule has 3 heteroatoms. The zero-order chi connectivity index (χ0) is 9.40. The van der Waals surface area contributed by atoms with Gasteiger partial charge in [0.1, 0.15) is 5.78 Å². The highest BCUT2D eigenvalue weighted by atomic mass is 16.1. The van der Waals surface area contributed by atoms with Gasteiger partial charge in [-0.1, -0.05) is 6.92 Å². The molecule has 0 spiro atoms. The minimum absolute atomic E-state index is 0.00295. The second-order valence-electron chi connectivity index (χ2n) is 2.83. The van der Waals surface area contributed by atoms with Gasteiger partial charge in [0.15, 0.2) is 0 Å². The van der Waals surface area contributed by atoms with Crippen LogP contribution in [0.5, 0.6) is 0 Å². The monoisotopic (exact) mass is 171 g/mol. The van der Waals surface area contributed by atoms with Gasteiger partial charge >= 0.3 is 0 Å². The molecular weight excluding hydrogens is 154 g/mol. The van der Waals surface area contributed by atoms with Crippen LogP contribution in [0.3, 0.4) is 0 Å². The molecule has 0 aliphatic carbocycles. The van der Waals surface area contributed by atoms with Crippen molar-refractivity contribution in [2.75, 3.05) is 6.54 Å². The third-order valence-electron chi connectivity index (χ3n) is 1.65. The first-order valence-electron chi connectivity index (χ1n) is 4.43. The van der Waals surface area contributed by atoms with E-state index in [1.165, 1.54) is 6.92 Å². The lowest BCUT2D eigenvalue weighted by Gasteiger charge is -2.00. The van der Waals surface area contributed by atoms with Crippen LogP contribution in [-0.4, -0.2) is 18.2 Å². The van der Waals surface area contributed by atoms with E-state index in [2.05, 4.69) is 5.32 Å². The molecule has 0 saturated heterocycles. The smallest absolute Gasteiger partial charge is 0.216 e. The number of hydrogen-bond donors (Lipinski definition) is 1. The molecule has 0 aliphatic rings. The van der Waals surface area contributed by atoms with E-state index in [4.69, 9.17) is 0 Å². The van der Waals surface area contributed by atoms with Crippen LogP contribution in [0.4, 0.5) is 0 Å². The highest BCUT2D eigenvalue weighted by Crippen LogP contribution is 1.97. The van der Waals surface area contributed by atoms with Crippen LogP contribution in [0.15, 0.2) is 0 Å². The van der Waals surface area contributed by atoms with Gasteiger partial charge in [0, 0.05) is 26.3 Å². The summed E-state index contributed by atoms with van der Waals surface area (Å²) in [5.74, 6) is 0.301. The molecule has 0 bridgehead atoms. The predicted molar refractivity (Wildman–Crippen MR) is 47.8 cm³/mol. The van der Waals surface area contributed by atoms with Gasteiger partial charge in [0.25, 0.3) is 0 Å². The first kappa shape index (κ1) is 11.1. The summed E-state index contributed by atoms with van der Waals surface area (Å²) < 4.78 is 0. The number of amides is 1. The third kappa shape index (κ3) is 7.25. The summed E-state index contributed by atoms with van der Waals surface area (Å²) in [4.78, 5) is 21.2. The molecule has 0 heterocycles. The molecule has 1 N–H and O–H groups in total. The zero-order valence-electron chi connectivity index (χ0n) is 7.85. The Bertz CT molecular complexity index is 155. The van der Waals surface area contributed by atoms with Crippen LogP contribution in [0.2, 0.25) is 0 Å². The number of hydrogen-bond acceptors (Lipinski definition) is 2. The van der Waals surface area contributed by atoms with Gasteiger partial charge in [-0.3, -0.25) is 9.59 Å². The van der Waals surface area contributed by atoms with E-state index in [0.29, 0.717) is 25.2 Å². The van der Waals surface area contributed by atoms with Gasteiger partial charge < -0.3 is 5.32 Å². The lowest BCUT2D eigenvalue weighted by molar-refractivity contribution is -0.119. The van der Waals surface area contributed by atoms with E-state index in [1.807, 2.05) is 6.92 Å². The van der Waals surface area contributed by atoms with E-state index < -0.39 is 0 Å². The standard InChI is InChI=1S/C9H17NO2/c1-3-9(12)6-4-5-7-10-8(2)11/h3-7H2,1-2H3,(H,10,11). The summed E-state index contributed by atoms with van der Waals surface area (Å²) >= 11 is 0. The van der Waals surface area contributed by atoms with Crippen molar-refractivity contribution < 1.29 is 9.59 Å². The topological polar surface area (TPSA) is 46.2 Å². The van der Waals surface area contributed by atoms with E-state index in [0.717, 1.165) is 12.8 Å². The van der Waals surface area contributed by atoms with Crippen molar-refractivity contribution in [3.8, 4) is 0 Å². The molecule has 0 rings (SSSR count). The quantitative estimate of drug-likeness (QED) is 0.612. The highest BCUT2D eigenvalue weighted by molar-refractivity contribution is 5.77. The fourth-order valence-corrected chi connectivity index (χ4v) is 0.888. The molecule has 0 aliphatic heterocycles. The maximum absolute atomic E-state index is 10.8. The lowest BCUT2D eigenvalue weighted by atomic mass is 10.1. The predicted octanol–water partition coefficient (Wildman–Crippen LogP) is 1.27. The number of Topliss-reactive ketones (excluding diaryl/α,β-unsaturated/α-hetero) is 1. The number of ketones is 1. The van der Waals surface area contributed by atoms with Crippen LogP contribution < -0.4 is 5.32 Å². The summed E-state index contributed by atoms with van der Waals surface area (Å²) in [6.45, 7) is 4.06. The molecule has 0 aromatic heterocycles. The second-order valence-corrected chi connectivity index (χ2v) is 2.83. The molecule has 0 atom stereocenters. The molecule has 3 nitrogen and oxygen atoms in total. The van der Waals surface area contributed by atoms with Crippen LogP contribution in [0.1, 0.15) is 39.5 Å². The van der Waals surface area contributed by atoms with Crippen LogP contribution >= 0.6 is 0 Å². The maximum atomic E-state index is 10.8. The van der Waals surface area contributed by atoms with E-state index in [-0.39, 0.29) is 5.91 Å². The van der Waals surface area contributed by atoms with Crippen molar-refractivity contribution in [1.82, 2.24) is 5.32 Å². The van der Waals surface area contributed by atoms with Crippen LogP contribution in [0.25, 0.3) is 0 Å². The lowest BCUT2D eigenvalue weighted by Crippen LogP contribution is -2.20. The molecule has 0 saturated carbocycles. The molecule has 0 fully saturated rings. The normalized spacial score (nSPS) is 9.50. The molecule has 70 valence electrons. The second kappa shape index (κ2) is 6.83. The Labute approximate surface area is 73.5 Å². The summed E-state index contributed by atoms with van der Waals surface area (Å²) in [5, 5.41) is 2.69. The molecule has 0 unspecified atom stereocenters. The van der Waals surface area contributed by atoms with E-state index >= 15 is 0 Å². The van der Waals surface area contributed by atoms with Gasteiger partial charge in [-0.25, -0.2) is 0 Å². The average molecular weight is 171 g/mol. The summed E-state index contributed by atoms with van der Waals surface area (Å²) in [5.41, 5.74) is 0. The van der Waals surface area contributed by atoms with Crippen molar-refractivity contribution >= 4 is 11.7 Å². The Morgan fingerprint density at radius 2 is 1.92 bits per heavy atom. The first-order chi connectivity index (χ1) is 5.66. The Morgan fingerprint density at radius 3 is 2.42 bits per heavy atom. The summed E-state index contributed by atoms with van der Waals surface area (Å²) in [6, 6.07) is 0. The van der Waals surface area contributed by atoms with Gasteiger partial charge in [-0.2, -0.15) is 0 Å². The minimum Gasteiger partial charge on any atom is -0.356 e. The Hall–Kier alpha value is -0.860. The van der Waals surface area contributed by atoms with Crippen LogP contribution in [-0.2, 0) is 9.59 Å². The van der Waals surface area contributed by atoms with E-state index in [9.17, 15) is 9.59 Å². The Morgan fingerprint density at radius 1 is 1.25 bits per heavy atom. The van der Waals surface area contributed by atoms with Gasteiger partial charge in [-0.05, 0) is 12.8 Å². The SMILES string of the molecule is CCC(=O)CCCCNC(C)=O. The highest BCUT2D eigenvalue weighted by Gasteiger charge is 1.97. The average Bonchev–Trinajstić information content (AvgIpc) is 2.03. The van der Waals surface area contributed by atoms with Crippen molar-refractivity contribution in [1.29, 1.82) is 0 Å². The summed E-state index contributed by atoms with van der Waals surface area (Å²) in [6.07, 6.45) is 3.05. The minimum atomic E-state index is -0.00295. The van der Waals surface area contributed by atoms with Crippen molar-refractivity contribution in [2.24, 2.45) is 0 Å². The number of nitrogens with one attached hydrogen (secondary N) is 1. The molecule has 0 radical (unpaired) electrons. The fraction of sp³-hybridized carbons (Fsp3) is 0.778. The van der Waals surface area contributed by atoms with E-state index in [1.54, 1.807) is 0 Å². The molecule has 0 aromatic carbocycles. The fourth-order valence-electron chi connectivity index (χ4n) is 0.888. The largest absolute Gasteiger partial charge is 0.356 e. The molecule has 1 amide bonds. The van der Waals surface area contributed by atoms with Crippen molar-refractivity contribution in [2.45, 2.75) is 39.5 Å². The number of carbonyl (C=O) groups is 2. The Kier molecular flexibility index (Phi) is 6.34. The Balaban J connectivity index is 3.11. The molecule has 12 heavy (non-hydrogen) atoms. The van der Waals surface area contributed by atoms with Crippen molar-refractivity contribution in [3.05, 3.63) is 0 Å². The maximum Gasteiger partial charge on any atom is 0.216 e.